The van der Waals surface area contributed by atoms with Gasteiger partial charge in [0, 0.05) is 5.33 Å². The van der Waals surface area contributed by atoms with Gasteiger partial charge in [-0.05, 0) is 12.5 Å². The molecule has 0 amide bonds. The average Bonchev–Trinajstić information content (AvgIpc) is 2.09. The van der Waals surface area contributed by atoms with Crippen LogP contribution in [0, 0.1) is 6.92 Å². The number of halogens is 1. The molecule has 1 nitrogen and oxygen atoms in total. The summed E-state index contributed by atoms with van der Waals surface area (Å²) >= 11 is 3.31. The fraction of sp³-hybridized carbons (Fsp3) is 0.400. The molecule has 0 aliphatic rings. The molecule has 2 heteroatoms. The van der Waals surface area contributed by atoms with Crippen molar-refractivity contribution in [3.63, 3.8) is 0 Å². The van der Waals surface area contributed by atoms with E-state index < -0.39 is 0 Å². The van der Waals surface area contributed by atoms with Crippen molar-refractivity contribution in [2.24, 2.45) is 0 Å². The lowest BCUT2D eigenvalue weighted by atomic mass is 10.2. The lowest BCUT2D eigenvalue weighted by molar-refractivity contribution is 0.137. The SMILES string of the molecule is Cc1ccc(COCCBr)cc1. The van der Waals surface area contributed by atoms with E-state index in [4.69, 9.17) is 4.74 Å². The van der Waals surface area contributed by atoms with Crippen LogP contribution in [0.15, 0.2) is 24.3 Å². The van der Waals surface area contributed by atoms with Gasteiger partial charge in [0.05, 0.1) is 13.2 Å². The normalized spacial score (nSPS) is 10.2. The number of rotatable bonds is 4. The largest absolute Gasteiger partial charge is 0.376 e. The summed E-state index contributed by atoms with van der Waals surface area (Å²) in [4.78, 5) is 0. The predicted octanol–water partition coefficient (Wildman–Crippen LogP) is 2.91. The first-order chi connectivity index (χ1) is 5.83. The van der Waals surface area contributed by atoms with Gasteiger partial charge in [-0.2, -0.15) is 0 Å². The Morgan fingerprint density at radius 3 is 2.50 bits per heavy atom. The first kappa shape index (κ1) is 9.75. The van der Waals surface area contributed by atoms with E-state index in [0.717, 1.165) is 11.9 Å². The maximum absolute atomic E-state index is 5.36. The van der Waals surface area contributed by atoms with Crippen molar-refractivity contribution < 1.29 is 4.74 Å². The fourth-order valence-electron chi connectivity index (χ4n) is 0.929. The first-order valence-electron chi connectivity index (χ1n) is 4.02. The van der Waals surface area contributed by atoms with Crippen LogP contribution in [-0.2, 0) is 11.3 Å². The Bertz CT molecular complexity index is 218. The maximum atomic E-state index is 5.36. The van der Waals surface area contributed by atoms with Gasteiger partial charge in [-0.15, -0.1) is 0 Å². The summed E-state index contributed by atoms with van der Waals surface area (Å²) in [6.07, 6.45) is 0. The molecule has 0 aliphatic carbocycles. The molecule has 0 fully saturated rings. The third kappa shape index (κ3) is 3.37. The zero-order valence-corrected chi connectivity index (χ0v) is 8.80. The quantitative estimate of drug-likeness (QED) is 0.569. The summed E-state index contributed by atoms with van der Waals surface area (Å²) in [5.41, 5.74) is 2.53. The summed E-state index contributed by atoms with van der Waals surface area (Å²) in [5, 5.41) is 0.902. The lowest BCUT2D eigenvalue weighted by Crippen LogP contribution is -1.95. The molecule has 0 atom stereocenters. The molecule has 1 aromatic rings. The van der Waals surface area contributed by atoms with Gasteiger partial charge in [-0.1, -0.05) is 45.8 Å². The Balaban J connectivity index is 2.37. The van der Waals surface area contributed by atoms with Crippen LogP contribution in [0.1, 0.15) is 11.1 Å². The van der Waals surface area contributed by atoms with Gasteiger partial charge >= 0.3 is 0 Å². The van der Waals surface area contributed by atoms with Crippen LogP contribution in [0.5, 0.6) is 0 Å². The topological polar surface area (TPSA) is 9.23 Å². The van der Waals surface area contributed by atoms with E-state index in [-0.39, 0.29) is 0 Å². The minimum absolute atomic E-state index is 0.714. The first-order valence-corrected chi connectivity index (χ1v) is 5.14. The van der Waals surface area contributed by atoms with Gasteiger partial charge in [0.1, 0.15) is 0 Å². The van der Waals surface area contributed by atoms with Gasteiger partial charge in [-0.25, -0.2) is 0 Å². The zero-order valence-electron chi connectivity index (χ0n) is 7.22. The van der Waals surface area contributed by atoms with E-state index in [0.29, 0.717) is 6.61 Å². The second-order valence-corrected chi connectivity index (χ2v) is 3.52. The Labute approximate surface area is 81.9 Å². The van der Waals surface area contributed by atoms with Gasteiger partial charge in [-0.3, -0.25) is 0 Å². The minimum atomic E-state index is 0.714. The lowest BCUT2D eigenvalue weighted by Gasteiger charge is -2.01. The standard InChI is InChI=1S/C10H13BrO/c1-9-2-4-10(5-3-9)8-12-7-6-11/h2-5H,6-8H2,1H3. The summed E-state index contributed by atoms with van der Waals surface area (Å²) in [6, 6.07) is 8.41. The van der Waals surface area contributed by atoms with Gasteiger partial charge in [0.15, 0.2) is 0 Å². The van der Waals surface area contributed by atoms with Crippen molar-refractivity contribution >= 4 is 15.9 Å². The number of benzene rings is 1. The molecule has 0 saturated carbocycles. The van der Waals surface area contributed by atoms with Crippen LogP contribution in [0.4, 0.5) is 0 Å². The molecule has 0 heterocycles. The molecule has 0 N–H and O–H groups in total. The molecule has 0 aliphatic heterocycles. The molecule has 0 bridgehead atoms. The van der Waals surface area contributed by atoms with E-state index in [1.165, 1.54) is 11.1 Å². The minimum Gasteiger partial charge on any atom is -0.376 e. The molecule has 0 aromatic heterocycles. The molecular formula is C10H13BrO. The monoisotopic (exact) mass is 228 g/mol. The van der Waals surface area contributed by atoms with Crippen LogP contribution >= 0.6 is 15.9 Å². The highest BCUT2D eigenvalue weighted by Crippen LogP contribution is 2.04. The van der Waals surface area contributed by atoms with Crippen LogP contribution in [0.2, 0.25) is 0 Å². The van der Waals surface area contributed by atoms with Gasteiger partial charge < -0.3 is 4.74 Å². The molecule has 0 radical (unpaired) electrons. The molecule has 1 rings (SSSR count). The third-order valence-electron chi connectivity index (χ3n) is 1.61. The van der Waals surface area contributed by atoms with Crippen molar-refractivity contribution in [3.8, 4) is 0 Å². The molecule has 66 valence electrons. The molecule has 1 aromatic carbocycles. The summed E-state index contributed by atoms with van der Waals surface area (Å²) in [7, 11) is 0. The van der Waals surface area contributed by atoms with Crippen molar-refractivity contribution in [1.82, 2.24) is 0 Å². The summed E-state index contributed by atoms with van der Waals surface area (Å²) in [5.74, 6) is 0. The van der Waals surface area contributed by atoms with Crippen LogP contribution in [0.25, 0.3) is 0 Å². The molecule has 0 saturated heterocycles. The predicted molar refractivity (Wildman–Crippen MR) is 54.6 cm³/mol. The van der Waals surface area contributed by atoms with Crippen LogP contribution < -0.4 is 0 Å². The van der Waals surface area contributed by atoms with E-state index in [1.807, 2.05) is 0 Å². The van der Waals surface area contributed by atoms with Gasteiger partial charge in [0.2, 0.25) is 0 Å². The van der Waals surface area contributed by atoms with Crippen molar-refractivity contribution in [2.45, 2.75) is 13.5 Å². The van der Waals surface area contributed by atoms with Gasteiger partial charge in [0.25, 0.3) is 0 Å². The van der Waals surface area contributed by atoms with Crippen molar-refractivity contribution in [3.05, 3.63) is 35.4 Å². The highest BCUT2D eigenvalue weighted by molar-refractivity contribution is 9.09. The highest BCUT2D eigenvalue weighted by atomic mass is 79.9. The number of ether oxygens (including phenoxy) is 1. The summed E-state index contributed by atoms with van der Waals surface area (Å²) < 4.78 is 5.36. The van der Waals surface area contributed by atoms with Crippen LogP contribution in [-0.4, -0.2) is 11.9 Å². The fourth-order valence-corrected chi connectivity index (χ4v) is 1.16. The Morgan fingerprint density at radius 1 is 1.25 bits per heavy atom. The van der Waals surface area contributed by atoms with Crippen LogP contribution in [0.3, 0.4) is 0 Å². The Morgan fingerprint density at radius 2 is 1.92 bits per heavy atom. The highest BCUT2D eigenvalue weighted by Gasteiger charge is 1.91. The number of hydrogen-bond donors (Lipinski definition) is 0. The molecule has 0 spiro atoms. The summed E-state index contributed by atoms with van der Waals surface area (Å²) in [6.45, 7) is 3.57. The molecule has 12 heavy (non-hydrogen) atoms. The second kappa shape index (κ2) is 5.33. The Kier molecular flexibility index (Phi) is 4.33. The Hall–Kier alpha value is -0.340. The zero-order chi connectivity index (χ0) is 8.81. The van der Waals surface area contributed by atoms with Crippen molar-refractivity contribution in [2.75, 3.05) is 11.9 Å². The maximum Gasteiger partial charge on any atom is 0.0717 e. The molecule has 0 unspecified atom stereocenters. The smallest absolute Gasteiger partial charge is 0.0717 e. The van der Waals surface area contributed by atoms with E-state index >= 15 is 0 Å². The number of alkyl halides is 1. The number of hydrogen-bond acceptors (Lipinski definition) is 1. The second-order valence-electron chi connectivity index (χ2n) is 2.73. The van der Waals surface area contributed by atoms with E-state index in [9.17, 15) is 0 Å². The van der Waals surface area contributed by atoms with E-state index in [2.05, 4.69) is 47.1 Å². The van der Waals surface area contributed by atoms with Crippen molar-refractivity contribution in [1.29, 1.82) is 0 Å². The average molecular weight is 229 g/mol. The molecular weight excluding hydrogens is 216 g/mol. The third-order valence-corrected chi connectivity index (χ3v) is 1.93. The number of aryl methyl sites for hydroxylation is 1. The van der Waals surface area contributed by atoms with E-state index in [1.54, 1.807) is 0 Å².